The van der Waals surface area contributed by atoms with Gasteiger partial charge in [0.15, 0.2) is 0 Å². The van der Waals surface area contributed by atoms with E-state index in [-0.39, 0.29) is 24.8 Å². The molecule has 0 saturated carbocycles. The predicted octanol–water partition coefficient (Wildman–Crippen LogP) is 4.67. The van der Waals surface area contributed by atoms with E-state index in [4.69, 9.17) is 16.3 Å². The first-order valence-electron chi connectivity index (χ1n) is 11.0. The van der Waals surface area contributed by atoms with Gasteiger partial charge >= 0.3 is 0 Å². The molecule has 0 aliphatic carbocycles. The fourth-order valence-electron chi connectivity index (χ4n) is 3.70. The minimum Gasteiger partial charge on any atom is -0.497 e. The van der Waals surface area contributed by atoms with E-state index in [1.807, 2.05) is 79.7 Å². The monoisotopic (exact) mass is 464 g/mol. The van der Waals surface area contributed by atoms with Gasteiger partial charge in [-0.2, -0.15) is 0 Å². The summed E-state index contributed by atoms with van der Waals surface area (Å²) in [5, 5.41) is 3.49. The van der Waals surface area contributed by atoms with E-state index in [0.29, 0.717) is 18.0 Å². The van der Waals surface area contributed by atoms with Crippen molar-refractivity contribution < 1.29 is 14.3 Å². The molecule has 172 valence electrons. The zero-order valence-electron chi connectivity index (χ0n) is 19.0. The van der Waals surface area contributed by atoms with Crippen LogP contribution < -0.4 is 10.1 Å². The van der Waals surface area contributed by atoms with E-state index >= 15 is 0 Å². The standard InChI is InChI=1S/C27H29ClN2O3/c1-3-29-27(32)25(17-20-8-5-4-6-9-20)30(19-22-10-7-11-23(28)16-22)26(31)18-21-12-14-24(33-2)15-13-21/h4-16,25H,3,17-19H2,1-2H3,(H,29,32). The van der Waals surface area contributed by atoms with E-state index in [9.17, 15) is 9.59 Å². The van der Waals surface area contributed by atoms with Gasteiger partial charge in [0.05, 0.1) is 13.5 Å². The lowest BCUT2D eigenvalue weighted by molar-refractivity contribution is -0.140. The Kier molecular flexibility index (Phi) is 8.90. The van der Waals surface area contributed by atoms with Crippen LogP contribution in [0.2, 0.25) is 5.02 Å². The molecule has 0 aliphatic heterocycles. The van der Waals surface area contributed by atoms with Gasteiger partial charge in [0, 0.05) is 24.5 Å². The summed E-state index contributed by atoms with van der Waals surface area (Å²) in [7, 11) is 1.60. The van der Waals surface area contributed by atoms with Gasteiger partial charge in [-0.3, -0.25) is 9.59 Å². The van der Waals surface area contributed by atoms with E-state index in [1.54, 1.807) is 18.1 Å². The summed E-state index contributed by atoms with van der Waals surface area (Å²) in [4.78, 5) is 28.4. The molecule has 0 saturated heterocycles. The zero-order chi connectivity index (χ0) is 23.6. The molecule has 1 unspecified atom stereocenters. The third-order valence-corrected chi connectivity index (χ3v) is 5.61. The van der Waals surface area contributed by atoms with E-state index in [1.165, 1.54) is 0 Å². The number of hydrogen-bond donors (Lipinski definition) is 1. The Balaban J connectivity index is 1.93. The van der Waals surface area contributed by atoms with Gasteiger partial charge in [-0.05, 0) is 47.9 Å². The fourth-order valence-corrected chi connectivity index (χ4v) is 3.91. The van der Waals surface area contributed by atoms with Crippen molar-refractivity contribution in [1.29, 1.82) is 0 Å². The molecule has 5 nitrogen and oxygen atoms in total. The number of hydrogen-bond acceptors (Lipinski definition) is 3. The lowest BCUT2D eigenvalue weighted by Crippen LogP contribution is -2.50. The summed E-state index contributed by atoms with van der Waals surface area (Å²) in [6.45, 7) is 2.64. The quantitative estimate of drug-likeness (QED) is 0.474. The van der Waals surface area contributed by atoms with E-state index in [0.717, 1.165) is 22.4 Å². The second-order valence-corrected chi connectivity index (χ2v) is 8.21. The molecule has 0 aromatic heterocycles. The van der Waals surface area contributed by atoms with Crippen LogP contribution in [0.3, 0.4) is 0 Å². The lowest BCUT2D eigenvalue weighted by atomic mass is 10.0. The smallest absolute Gasteiger partial charge is 0.243 e. The maximum absolute atomic E-state index is 13.6. The van der Waals surface area contributed by atoms with Crippen molar-refractivity contribution in [1.82, 2.24) is 10.2 Å². The highest BCUT2D eigenvalue weighted by molar-refractivity contribution is 6.30. The highest BCUT2D eigenvalue weighted by atomic mass is 35.5. The summed E-state index contributed by atoms with van der Waals surface area (Å²) >= 11 is 6.19. The van der Waals surface area contributed by atoms with Crippen molar-refractivity contribution in [3.63, 3.8) is 0 Å². The van der Waals surface area contributed by atoms with Gasteiger partial charge in [-0.1, -0.05) is 66.2 Å². The number of methoxy groups -OCH3 is 1. The highest BCUT2D eigenvalue weighted by Gasteiger charge is 2.30. The van der Waals surface area contributed by atoms with Gasteiger partial charge in [-0.25, -0.2) is 0 Å². The number of nitrogens with one attached hydrogen (secondary N) is 1. The normalized spacial score (nSPS) is 11.5. The third-order valence-electron chi connectivity index (χ3n) is 5.38. The van der Waals surface area contributed by atoms with Crippen LogP contribution in [0.5, 0.6) is 5.75 Å². The van der Waals surface area contributed by atoms with Crippen LogP contribution in [-0.4, -0.2) is 36.4 Å². The second-order valence-electron chi connectivity index (χ2n) is 7.78. The van der Waals surface area contributed by atoms with Gasteiger partial charge < -0.3 is 15.0 Å². The number of halogens is 1. The maximum atomic E-state index is 13.6. The number of rotatable bonds is 10. The molecule has 1 atom stereocenters. The van der Waals surface area contributed by atoms with Crippen molar-refractivity contribution in [3.8, 4) is 5.75 Å². The van der Waals surface area contributed by atoms with Crippen molar-refractivity contribution in [2.24, 2.45) is 0 Å². The number of carbonyl (C=O) groups is 2. The molecule has 0 spiro atoms. The first-order chi connectivity index (χ1) is 16.0. The van der Waals surface area contributed by atoms with Gasteiger partial charge in [0.25, 0.3) is 0 Å². The Morgan fingerprint density at radius 3 is 2.27 bits per heavy atom. The number of carbonyl (C=O) groups excluding carboxylic acids is 2. The van der Waals surface area contributed by atoms with Crippen molar-refractivity contribution in [2.75, 3.05) is 13.7 Å². The molecule has 3 rings (SSSR count). The van der Waals surface area contributed by atoms with Crippen LogP contribution in [0.1, 0.15) is 23.6 Å². The van der Waals surface area contributed by atoms with Crippen LogP contribution in [0.15, 0.2) is 78.9 Å². The molecule has 6 heteroatoms. The topological polar surface area (TPSA) is 58.6 Å². The molecule has 2 amide bonds. The largest absolute Gasteiger partial charge is 0.497 e. The molecule has 0 radical (unpaired) electrons. The lowest BCUT2D eigenvalue weighted by Gasteiger charge is -2.31. The molecular weight excluding hydrogens is 436 g/mol. The van der Waals surface area contributed by atoms with E-state index < -0.39 is 6.04 Å². The fraction of sp³-hybridized carbons (Fsp3) is 0.259. The second kappa shape index (κ2) is 12.1. The molecule has 33 heavy (non-hydrogen) atoms. The molecule has 3 aromatic carbocycles. The Hall–Kier alpha value is -3.31. The average molecular weight is 465 g/mol. The Morgan fingerprint density at radius 2 is 1.64 bits per heavy atom. The van der Waals surface area contributed by atoms with E-state index in [2.05, 4.69) is 5.32 Å². The van der Waals surface area contributed by atoms with Gasteiger partial charge in [0.1, 0.15) is 11.8 Å². The zero-order valence-corrected chi connectivity index (χ0v) is 19.7. The molecule has 0 bridgehead atoms. The average Bonchev–Trinajstić information content (AvgIpc) is 2.82. The number of nitrogens with zero attached hydrogens (tertiary/aromatic N) is 1. The number of ether oxygens (including phenoxy) is 1. The molecule has 3 aromatic rings. The predicted molar refractivity (Wildman–Crippen MR) is 131 cm³/mol. The summed E-state index contributed by atoms with van der Waals surface area (Å²) in [5.74, 6) is 0.421. The molecule has 0 fully saturated rings. The van der Waals surface area contributed by atoms with Crippen LogP contribution in [0.4, 0.5) is 0 Å². The van der Waals surface area contributed by atoms with Gasteiger partial charge in [-0.15, -0.1) is 0 Å². The van der Waals surface area contributed by atoms with Gasteiger partial charge in [0.2, 0.25) is 11.8 Å². The Labute approximate surface area is 200 Å². The first kappa shape index (κ1) is 24.3. The summed E-state index contributed by atoms with van der Waals surface area (Å²) in [6.07, 6.45) is 0.594. The van der Waals surface area contributed by atoms with Crippen molar-refractivity contribution in [3.05, 3.63) is 101 Å². The van der Waals surface area contributed by atoms with Crippen LogP contribution >= 0.6 is 11.6 Å². The van der Waals surface area contributed by atoms with Crippen LogP contribution in [0.25, 0.3) is 0 Å². The number of likely N-dealkylation sites (N-methyl/N-ethyl adjacent to an activating group) is 1. The minimum atomic E-state index is -0.655. The summed E-state index contributed by atoms with van der Waals surface area (Å²) in [5.41, 5.74) is 2.71. The summed E-state index contributed by atoms with van der Waals surface area (Å²) < 4.78 is 5.21. The molecule has 1 N–H and O–H groups in total. The Morgan fingerprint density at radius 1 is 0.939 bits per heavy atom. The third kappa shape index (κ3) is 7.09. The molecule has 0 heterocycles. The van der Waals surface area contributed by atoms with Crippen LogP contribution in [0, 0.1) is 0 Å². The first-order valence-corrected chi connectivity index (χ1v) is 11.4. The molecular formula is C27H29ClN2O3. The van der Waals surface area contributed by atoms with Crippen LogP contribution in [-0.2, 0) is 29.0 Å². The van der Waals surface area contributed by atoms with Crippen molar-refractivity contribution >= 4 is 23.4 Å². The number of amides is 2. The highest BCUT2D eigenvalue weighted by Crippen LogP contribution is 2.19. The molecule has 0 aliphatic rings. The maximum Gasteiger partial charge on any atom is 0.243 e. The SMILES string of the molecule is CCNC(=O)C(Cc1ccccc1)N(Cc1cccc(Cl)c1)C(=O)Cc1ccc(OC)cc1. The van der Waals surface area contributed by atoms with Crippen molar-refractivity contribution in [2.45, 2.75) is 32.4 Å². The summed E-state index contributed by atoms with van der Waals surface area (Å²) in [6, 6.07) is 23.9. The Bertz CT molecular complexity index is 1050. The minimum absolute atomic E-state index is 0.132. The number of benzene rings is 3.